The van der Waals surface area contributed by atoms with Gasteiger partial charge in [0.15, 0.2) is 0 Å². The molecule has 0 radical (unpaired) electrons. The second-order valence-electron chi connectivity index (χ2n) is 10.5. The molecule has 1 aromatic rings. The molecule has 0 aliphatic heterocycles. The Morgan fingerprint density at radius 2 is 1.77 bits per heavy atom. The topological polar surface area (TPSA) is 105 Å². The van der Waals surface area contributed by atoms with Crippen LogP contribution in [-0.4, -0.2) is 27.9 Å². The summed E-state index contributed by atoms with van der Waals surface area (Å²) in [7, 11) is 0. The van der Waals surface area contributed by atoms with Crippen LogP contribution in [-0.2, 0) is 13.1 Å². The van der Waals surface area contributed by atoms with Crippen molar-refractivity contribution in [2.45, 2.75) is 83.3 Å². The van der Waals surface area contributed by atoms with Crippen molar-refractivity contribution in [2.24, 2.45) is 34.7 Å². The molecule has 5 saturated carbocycles. The lowest BCUT2D eigenvalue weighted by molar-refractivity contribution is -0.0119. The molecular weight excluding hydrogens is 392 g/mol. The summed E-state index contributed by atoms with van der Waals surface area (Å²) in [5, 5.41) is 6.88. The van der Waals surface area contributed by atoms with Crippen molar-refractivity contribution in [3.8, 4) is 0 Å². The summed E-state index contributed by atoms with van der Waals surface area (Å²) in [4.78, 5) is 29.2. The molecule has 1 N–H and O–H groups in total. The quantitative estimate of drug-likeness (QED) is 0.403. The van der Waals surface area contributed by atoms with E-state index < -0.39 is 0 Å². The number of hydrogen-bond acceptors (Lipinski definition) is 3. The van der Waals surface area contributed by atoms with Gasteiger partial charge in [0.05, 0.1) is 0 Å². The lowest BCUT2D eigenvalue weighted by Crippen LogP contribution is -2.56. The molecule has 5 fully saturated rings. The van der Waals surface area contributed by atoms with Gasteiger partial charge in [0.2, 0.25) is 0 Å². The molecule has 0 unspecified atom stereocenters. The van der Waals surface area contributed by atoms with E-state index in [-0.39, 0.29) is 29.6 Å². The van der Waals surface area contributed by atoms with Crippen LogP contribution >= 0.6 is 0 Å². The highest BCUT2D eigenvalue weighted by Crippen LogP contribution is 2.53. The van der Waals surface area contributed by atoms with Gasteiger partial charge in [-0.1, -0.05) is 24.4 Å². The monoisotopic (exact) mass is 426 g/mol. The number of hydrogen-bond donors (Lipinski definition) is 1. The lowest BCUT2D eigenvalue weighted by atomic mass is 9.54. The van der Waals surface area contributed by atoms with Gasteiger partial charge < -0.3 is 5.32 Å². The fourth-order valence-electron chi connectivity index (χ4n) is 7.28. The van der Waals surface area contributed by atoms with Gasteiger partial charge in [0, 0.05) is 36.8 Å². The summed E-state index contributed by atoms with van der Waals surface area (Å²) in [6.07, 6.45) is 14.1. The van der Waals surface area contributed by atoms with Crippen LogP contribution in [0.2, 0.25) is 0 Å². The van der Waals surface area contributed by atoms with E-state index in [0.717, 1.165) is 31.2 Å². The van der Waals surface area contributed by atoms with Crippen LogP contribution in [0.5, 0.6) is 0 Å². The van der Waals surface area contributed by atoms with Crippen molar-refractivity contribution >= 4 is 5.91 Å². The fourth-order valence-corrected chi connectivity index (χ4v) is 7.28. The molecule has 6 rings (SSSR count). The first kappa shape index (κ1) is 20.7. The molecule has 4 bridgehead atoms. The molecule has 1 aromatic heterocycles. The average molecular weight is 427 g/mol. The first-order chi connectivity index (χ1) is 15.1. The maximum atomic E-state index is 13.2. The van der Waals surface area contributed by atoms with Crippen LogP contribution in [0.1, 0.15) is 74.6 Å². The second-order valence-corrected chi connectivity index (χ2v) is 10.5. The number of aromatic nitrogens is 2. The molecular formula is C23H34N6O2. The van der Waals surface area contributed by atoms with Crippen LogP contribution in [0.3, 0.4) is 0 Å². The number of nitrogens with zero attached hydrogens (tertiary/aromatic N) is 5. The standard InChI is InChI=1S/C23H34N6O2/c24-27-25-6-7-29-23(31)20(14-28(29)13-15-4-2-1-3-5-15)22(30)26-21-18-9-16-8-17(11-18)12-19(21)10-16/h14-19,21H,1-13H2,(H,26,30). The van der Waals surface area contributed by atoms with E-state index in [0.29, 0.717) is 24.3 Å². The molecule has 0 saturated heterocycles. The van der Waals surface area contributed by atoms with Gasteiger partial charge in [-0.25, -0.2) is 4.68 Å². The van der Waals surface area contributed by atoms with Gasteiger partial charge in [0.1, 0.15) is 5.56 Å². The predicted molar refractivity (Wildman–Crippen MR) is 118 cm³/mol. The minimum atomic E-state index is -0.259. The molecule has 8 heteroatoms. The maximum Gasteiger partial charge on any atom is 0.279 e. The SMILES string of the molecule is [N-]=[N+]=NCCn1c(=O)c(C(=O)NC2C3CC4CC(C3)CC2C4)cn1CC1CCCCC1. The smallest absolute Gasteiger partial charge is 0.279 e. The number of amides is 1. The third-order valence-electron chi connectivity index (χ3n) is 8.47. The Morgan fingerprint density at radius 1 is 1.10 bits per heavy atom. The Morgan fingerprint density at radius 3 is 2.42 bits per heavy atom. The molecule has 5 aliphatic rings. The van der Waals surface area contributed by atoms with E-state index in [2.05, 4.69) is 15.3 Å². The summed E-state index contributed by atoms with van der Waals surface area (Å²) in [5.74, 6) is 3.18. The van der Waals surface area contributed by atoms with E-state index in [1.54, 1.807) is 10.9 Å². The van der Waals surface area contributed by atoms with Crippen LogP contribution in [0, 0.1) is 29.6 Å². The Balaban J connectivity index is 1.34. The normalized spacial score (nSPS) is 32.1. The summed E-state index contributed by atoms with van der Waals surface area (Å²) < 4.78 is 3.52. The van der Waals surface area contributed by atoms with Gasteiger partial charge in [0.25, 0.3) is 11.5 Å². The van der Waals surface area contributed by atoms with E-state index in [1.807, 2.05) is 4.68 Å². The molecule has 8 nitrogen and oxygen atoms in total. The molecule has 0 aromatic carbocycles. The van der Waals surface area contributed by atoms with Crippen LogP contribution in [0.25, 0.3) is 10.4 Å². The van der Waals surface area contributed by atoms with Gasteiger partial charge in [-0.2, -0.15) is 0 Å². The second kappa shape index (κ2) is 8.73. The molecule has 1 amide bonds. The predicted octanol–water partition coefficient (Wildman–Crippen LogP) is 4.09. The van der Waals surface area contributed by atoms with Crippen molar-refractivity contribution in [2.75, 3.05) is 6.54 Å². The maximum absolute atomic E-state index is 13.2. The minimum absolute atomic E-state index is 0.210. The number of nitrogens with one attached hydrogen (secondary N) is 1. The average Bonchev–Trinajstić information content (AvgIpc) is 3.06. The Bertz CT molecular complexity index is 893. The van der Waals surface area contributed by atoms with Crippen molar-refractivity contribution < 1.29 is 4.79 Å². The number of rotatable bonds is 7. The van der Waals surface area contributed by atoms with E-state index in [1.165, 1.54) is 51.4 Å². The van der Waals surface area contributed by atoms with E-state index in [9.17, 15) is 9.59 Å². The summed E-state index contributed by atoms with van der Waals surface area (Å²) in [6, 6.07) is 0.220. The molecule has 5 aliphatic carbocycles. The zero-order valence-corrected chi connectivity index (χ0v) is 18.3. The third kappa shape index (κ3) is 4.14. The highest BCUT2D eigenvalue weighted by Gasteiger charge is 2.48. The molecule has 31 heavy (non-hydrogen) atoms. The lowest BCUT2D eigenvalue weighted by Gasteiger charge is -2.54. The largest absolute Gasteiger partial charge is 0.349 e. The molecule has 1 heterocycles. The highest BCUT2D eigenvalue weighted by molar-refractivity contribution is 5.93. The van der Waals surface area contributed by atoms with Crippen molar-refractivity contribution in [3.05, 3.63) is 32.6 Å². The van der Waals surface area contributed by atoms with Crippen LogP contribution in [0.15, 0.2) is 16.1 Å². The van der Waals surface area contributed by atoms with Gasteiger partial charge in [-0.05, 0) is 80.1 Å². The third-order valence-corrected chi connectivity index (χ3v) is 8.47. The molecule has 168 valence electrons. The van der Waals surface area contributed by atoms with Gasteiger partial charge in [-0.15, -0.1) is 0 Å². The summed E-state index contributed by atoms with van der Waals surface area (Å²) in [6.45, 7) is 1.26. The van der Waals surface area contributed by atoms with Crippen LogP contribution < -0.4 is 10.9 Å². The van der Waals surface area contributed by atoms with Crippen molar-refractivity contribution in [1.82, 2.24) is 14.7 Å². The zero-order valence-electron chi connectivity index (χ0n) is 18.3. The Kier molecular flexibility index (Phi) is 5.83. The Hall–Kier alpha value is -2.21. The van der Waals surface area contributed by atoms with E-state index in [4.69, 9.17) is 5.53 Å². The van der Waals surface area contributed by atoms with E-state index >= 15 is 0 Å². The van der Waals surface area contributed by atoms with Crippen molar-refractivity contribution in [1.29, 1.82) is 0 Å². The Labute approximate surface area is 183 Å². The van der Waals surface area contributed by atoms with Crippen LogP contribution in [0.4, 0.5) is 0 Å². The van der Waals surface area contributed by atoms with Gasteiger partial charge in [-0.3, -0.25) is 14.3 Å². The van der Waals surface area contributed by atoms with Crippen molar-refractivity contribution in [3.63, 3.8) is 0 Å². The zero-order chi connectivity index (χ0) is 21.4. The summed E-state index contributed by atoms with van der Waals surface area (Å²) >= 11 is 0. The first-order valence-corrected chi connectivity index (χ1v) is 12.2. The fraction of sp³-hybridized carbons (Fsp3) is 0.826. The molecule has 0 spiro atoms. The minimum Gasteiger partial charge on any atom is -0.349 e. The molecule has 0 atom stereocenters. The summed E-state index contributed by atoms with van der Waals surface area (Å²) in [5.41, 5.74) is 8.60. The number of carbonyl (C=O) groups is 1. The number of azide groups is 1. The number of carbonyl (C=O) groups excluding carboxylic acids is 1. The first-order valence-electron chi connectivity index (χ1n) is 12.2. The highest BCUT2D eigenvalue weighted by atomic mass is 16.2. The van der Waals surface area contributed by atoms with Gasteiger partial charge >= 0.3 is 0 Å².